The number of benzene rings is 1. The van der Waals surface area contributed by atoms with Gasteiger partial charge in [0.2, 0.25) is 5.91 Å². The maximum Gasteiger partial charge on any atom is 0.227 e. The molecule has 25 heavy (non-hydrogen) atoms. The van der Waals surface area contributed by atoms with E-state index in [0.717, 1.165) is 24.4 Å². The van der Waals surface area contributed by atoms with Crippen LogP contribution in [0, 0.1) is 11.7 Å². The van der Waals surface area contributed by atoms with Crippen LogP contribution in [0.5, 0.6) is 0 Å². The van der Waals surface area contributed by atoms with Gasteiger partial charge in [-0.2, -0.15) is 0 Å². The molecular weight excluding hydrogens is 315 g/mol. The SMILES string of the molecule is CCCCC1CCN(CCCN2C(=O)CCc3cccc(F)c32)CC1. The van der Waals surface area contributed by atoms with Gasteiger partial charge >= 0.3 is 0 Å². The van der Waals surface area contributed by atoms with Crippen molar-refractivity contribution in [2.24, 2.45) is 5.92 Å². The fraction of sp³-hybridized carbons (Fsp3) is 0.667. The average Bonchev–Trinajstić information content (AvgIpc) is 2.63. The van der Waals surface area contributed by atoms with Crippen molar-refractivity contribution in [1.82, 2.24) is 4.90 Å². The summed E-state index contributed by atoms with van der Waals surface area (Å²) >= 11 is 0. The number of hydrogen-bond acceptors (Lipinski definition) is 2. The number of aryl methyl sites for hydroxylation is 1. The number of nitrogens with zero attached hydrogens (tertiary/aromatic N) is 2. The summed E-state index contributed by atoms with van der Waals surface area (Å²) in [5, 5.41) is 0. The number of anilines is 1. The van der Waals surface area contributed by atoms with Gasteiger partial charge in [-0.25, -0.2) is 4.39 Å². The van der Waals surface area contributed by atoms with Crippen LogP contribution in [-0.4, -0.2) is 37.0 Å². The normalized spacial score (nSPS) is 19.3. The van der Waals surface area contributed by atoms with E-state index in [1.54, 1.807) is 11.0 Å². The van der Waals surface area contributed by atoms with Crippen molar-refractivity contribution in [3.05, 3.63) is 29.6 Å². The highest BCUT2D eigenvalue weighted by atomic mass is 19.1. The summed E-state index contributed by atoms with van der Waals surface area (Å²) in [7, 11) is 0. The number of piperidine rings is 1. The molecule has 4 heteroatoms. The van der Waals surface area contributed by atoms with Gasteiger partial charge in [0.05, 0.1) is 5.69 Å². The lowest BCUT2D eigenvalue weighted by Gasteiger charge is -2.33. The number of likely N-dealkylation sites (tertiary alicyclic amines) is 1. The Morgan fingerprint density at radius 2 is 1.92 bits per heavy atom. The lowest BCUT2D eigenvalue weighted by atomic mass is 9.91. The topological polar surface area (TPSA) is 23.6 Å². The van der Waals surface area contributed by atoms with Crippen LogP contribution in [0.3, 0.4) is 0 Å². The van der Waals surface area contributed by atoms with Crippen LogP contribution >= 0.6 is 0 Å². The van der Waals surface area contributed by atoms with E-state index < -0.39 is 0 Å². The van der Waals surface area contributed by atoms with E-state index >= 15 is 0 Å². The maximum atomic E-state index is 14.2. The molecule has 1 aromatic rings. The molecule has 1 fully saturated rings. The minimum atomic E-state index is -0.262. The van der Waals surface area contributed by atoms with E-state index in [0.29, 0.717) is 25.1 Å². The van der Waals surface area contributed by atoms with Crippen LogP contribution in [0.25, 0.3) is 0 Å². The Morgan fingerprint density at radius 1 is 1.12 bits per heavy atom. The molecule has 0 atom stereocenters. The predicted octanol–water partition coefficient (Wildman–Crippen LogP) is 4.40. The molecule has 0 spiro atoms. The van der Waals surface area contributed by atoms with Gasteiger partial charge in [-0.3, -0.25) is 4.79 Å². The Hall–Kier alpha value is -1.42. The molecule has 0 bridgehead atoms. The van der Waals surface area contributed by atoms with Gasteiger partial charge in [0, 0.05) is 13.0 Å². The van der Waals surface area contributed by atoms with Crippen LogP contribution in [0.15, 0.2) is 18.2 Å². The van der Waals surface area contributed by atoms with E-state index in [1.807, 2.05) is 6.07 Å². The molecule has 3 nitrogen and oxygen atoms in total. The molecule has 0 N–H and O–H groups in total. The second-order valence-corrected chi connectivity index (χ2v) is 7.57. The van der Waals surface area contributed by atoms with E-state index in [2.05, 4.69) is 11.8 Å². The molecule has 0 aliphatic carbocycles. The monoisotopic (exact) mass is 346 g/mol. The summed E-state index contributed by atoms with van der Waals surface area (Å²) in [5.41, 5.74) is 1.49. The first kappa shape index (κ1) is 18.4. The third kappa shape index (κ3) is 4.60. The first-order valence-electron chi connectivity index (χ1n) is 9.99. The van der Waals surface area contributed by atoms with Crippen LogP contribution in [-0.2, 0) is 11.2 Å². The molecule has 0 unspecified atom stereocenters. The average molecular weight is 346 g/mol. The molecular formula is C21H31FN2O. The number of carbonyl (C=O) groups excluding carboxylic acids is 1. The number of para-hydroxylation sites is 1. The number of rotatable bonds is 7. The second kappa shape index (κ2) is 8.79. The summed E-state index contributed by atoms with van der Waals surface area (Å²) < 4.78 is 14.2. The van der Waals surface area contributed by atoms with Gasteiger partial charge < -0.3 is 9.80 Å². The van der Waals surface area contributed by atoms with Gasteiger partial charge in [0.1, 0.15) is 5.82 Å². The largest absolute Gasteiger partial charge is 0.309 e. The third-order valence-electron chi connectivity index (χ3n) is 5.78. The Labute approximate surface area is 151 Å². The summed E-state index contributed by atoms with van der Waals surface area (Å²) in [6.45, 7) is 6.25. The zero-order chi connectivity index (χ0) is 17.6. The molecule has 0 radical (unpaired) electrons. The molecule has 1 amide bonds. The molecule has 2 aliphatic heterocycles. The van der Waals surface area contributed by atoms with Gasteiger partial charge in [-0.15, -0.1) is 0 Å². The number of hydrogen-bond donors (Lipinski definition) is 0. The Bertz CT molecular complexity index is 581. The smallest absolute Gasteiger partial charge is 0.227 e. The van der Waals surface area contributed by atoms with Gasteiger partial charge in [0.15, 0.2) is 0 Å². The van der Waals surface area contributed by atoms with Crippen molar-refractivity contribution < 1.29 is 9.18 Å². The molecule has 1 saturated heterocycles. The highest BCUT2D eigenvalue weighted by molar-refractivity contribution is 5.96. The molecule has 1 aromatic carbocycles. The van der Waals surface area contributed by atoms with Crippen LogP contribution in [0.2, 0.25) is 0 Å². The Kier molecular flexibility index (Phi) is 6.46. The van der Waals surface area contributed by atoms with Crippen LogP contribution in [0.1, 0.15) is 57.4 Å². The van der Waals surface area contributed by atoms with Crippen molar-refractivity contribution in [1.29, 1.82) is 0 Å². The predicted molar refractivity (Wildman–Crippen MR) is 100 cm³/mol. The second-order valence-electron chi connectivity index (χ2n) is 7.57. The Balaban J connectivity index is 1.48. The highest BCUT2D eigenvalue weighted by Crippen LogP contribution is 2.30. The minimum Gasteiger partial charge on any atom is -0.309 e. The van der Waals surface area contributed by atoms with Gasteiger partial charge in [-0.05, 0) is 62.9 Å². The summed E-state index contributed by atoms with van der Waals surface area (Å²) in [6.07, 6.45) is 8.71. The molecule has 138 valence electrons. The first-order chi connectivity index (χ1) is 12.2. The number of halogens is 1. The standard InChI is InChI=1S/C21H31FN2O/c1-2-3-6-17-11-15-23(16-12-17)13-5-14-24-20(25)10-9-18-7-4-8-19(22)21(18)24/h4,7-8,17H,2-3,5-6,9-16H2,1H3. The molecule has 0 saturated carbocycles. The van der Waals surface area contributed by atoms with Crippen molar-refractivity contribution in [2.45, 2.75) is 58.3 Å². The van der Waals surface area contributed by atoms with Crippen LogP contribution < -0.4 is 4.90 Å². The summed E-state index contributed by atoms with van der Waals surface area (Å²) in [4.78, 5) is 16.5. The van der Waals surface area contributed by atoms with Crippen molar-refractivity contribution in [3.8, 4) is 0 Å². The molecule has 0 aromatic heterocycles. The van der Waals surface area contributed by atoms with Crippen molar-refractivity contribution in [2.75, 3.05) is 31.1 Å². The lowest BCUT2D eigenvalue weighted by Crippen LogP contribution is -2.39. The van der Waals surface area contributed by atoms with Crippen molar-refractivity contribution >= 4 is 11.6 Å². The van der Waals surface area contributed by atoms with Gasteiger partial charge in [0.25, 0.3) is 0 Å². The first-order valence-corrected chi connectivity index (χ1v) is 9.99. The number of carbonyl (C=O) groups is 1. The van der Waals surface area contributed by atoms with Crippen molar-refractivity contribution in [3.63, 3.8) is 0 Å². The van der Waals surface area contributed by atoms with E-state index in [-0.39, 0.29) is 11.7 Å². The molecule has 3 rings (SSSR count). The van der Waals surface area contributed by atoms with Crippen LogP contribution in [0.4, 0.5) is 10.1 Å². The zero-order valence-electron chi connectivity index (χ0n) is 15.5. The molecule has 2 aliphatic rings. The zero-order valence-corrected chi connectivity index (χ0v) is 15.5. The van der Waals surface area contributed by atoms with Gasteiger partial charge in [-0.1, -0.05) is 38.3 Å². The third-order valence-corrected chi connectivity index (χ3v) is 5.78. The number of amides is 1. The maximum absolute atomic E-state index is 14.2. The quantitative estimate of drug-likeness (QED) is 0.731. The summed E-state index contributed by atoms with van der Waals surface area (Å²) in [6, 6.07) is 5.15. The summed E-state index contributed by atoms with van der Waals surface area (Å²) in [5.74, 6) is 0.707. The van der Waals surface area contributed by atoms with E-state index in [9.17, 15) is 9.18 Å². The highest BCUT2D eigenvalue weighted by Gasteiger charge is 2.27. The van der Waals surface area contributed by atoms with E-state index in [4.69, 9.17) is 0 Å². The Morgan fingerprint density at radius 3 is 2.68 bits per heavy atom. The fourth-order valence-corrected chi connectivity index (χ4v) is 4.25. The number of unbranched alkanes of at least 4 members (excludes halogenated alkanes) is 1. The molecule has 2 heterocycles. The minimum absolute atomic E-state index is 0.0656. The fourth-order valence-electron chi connectivity index (χ4n) is 4.25. The van der Waals surface area contributed by atoms with E-state index in [1.165, 1.54) is 51.3 Å². The lowest BCUT2D eigenvalue weighted by molar-refractivity contribution is -0.119. The number of fused-ring (bicyclic) bond motifs is 1.